The van der Waals surface area contributed by atoms with Crippen molar-refractivity contribution in [2.24, 2.45) is 5.92 Å². The summed E-state index contributed by atoms with van der Waals surface area (Å²) in [6, 6.07) is 0. The highest BCUT2D eigenvalue weighted by atomic mass is 16.5. The highest BCUT2D eigenvalue weighted by Crippen LogP contribution is 2.15. The number of likely N-dealkylation sites (N-methyl/N-ethyl adjacent to an activating group) is 1. The molecule has 2 rings (SSSR count). The summed E-state index contributed by atoms with van der Waals surface area (Å²) in [7, 11) is 1.89. The van der Waals surface area contributed by atoms with Gasteiger partial charge in [-0.3, -0.25) is 4.79 Å². The lowest BCUT2D eigenvalue weighted by Gasteiger charge is -2.33. The van der Waals surface area contributed by atoms with Crippen LogP contribution in [0.3, 0.4) is 0 Å². The zero-order valence-corrected chi connectivity index (χ0v) is 9.37. The molecule has 2 heterocycles. The zero-order chi connectivity index (χ0) is 10.7. The molecule has 0 bridgehead atoms. The van der Waals surface area contributed by atoms with E-state index in [0.29, 0.717) is 0 Å². The number of amides is 1. The third-order valence-corrected chi connectivity index (χ3v) is 3.26. The zero-order valence-electron chi connectivity index (χ0n) is 9.37. The Labute approximate surface area is 91.0 Å². The van der Waals surface area contributed by atoms with Crippen molar-refractivity contribution in [2.75, 3.05) is 33.3 Å². The molecule has 0 radical (unpaired) electrons. The highest BCUT2D eigenvalue weighted by molar-refractivity contribution is 5.79. The average Bonchev–Trinajstić information content (AvgIpc) is 2.16. The summed E-state index contributed by atoms with van der Waals surface area (Å²) < 4.78 is 5.62. The third-order valence-electron chi connectivity index (χ3n) is 3.26. The van der Waals surface area contributed by atoms with E-state index < -0.39 is 0 Å². The SMILES string of the molecule is CN(CC1CCCCO1)C(=O)C1CNC1. The maximum Gasteiger partial charge on any atom is 0.228 e. The van der Waals surface area contributed by atoms with Crippen molar-refractivity contribution in [3.63, 3.8) is 0 Å². The van der Waals surface area contributed by atoms with Gasteiger partial charge < -0.3 is 15.0 Å². The fraction of sp³-hybridized carbons (Fsp3) is 0.909. The van der Waals surface area contributed by atoms with E-state index in [0.717, 1.165) is 32.7 Å². The van der Waals surface area contributed by atoms with Crippen LogP contribution in [-0.2, 0) is 9.53 Å². The monoisotopic (exact) mass is 212 g/mol. The molecular formula is C11H20N2O2. The molecule has 1 atom stereocenters. The minimum absolute atomic E-state index is 0.207. The summed E-state index contributed by atoms with van der Waals surface area (Å²) in [6.07, 6.45) is 3.76. The van der Waals surface area contributed by atoms with Gasteiger partial charge in [0.05, 0.1) is 12.0 Å². The molecule has 0 aromatic carbocycles. The first-order chi connectivity index (χ1) is 7.27. The summed E-state index contributed by atoms with van der Waals surface area (Å²) in [4.78, 5) is 13.7. The van der Waals surface area contributed by atoms with Crippen LogP contribution in [0.25, 0.3) is 0 Å². The molecule has 1 unspecified atom stereocenters. The van der Waals surface area contributed by atoms with E-state index in [2.05, 4.69) is 5.32 Å². The van der Waals surface area contributed by atoms with Crippen LogP contribution in [0.1, 0.15) is 19.3 Å². The van der Waals surface area contributed by atoms with Gasteiger partial charge in [0.25, 0.3) is 0 Å². The van der Waals surface area contributed by atoms with Crippen molar-refractivity contribution in [3.05, 3.63) is 0 Å². The second kappa shape index (κ2) is 4.94. The fourth-order valence-corrected chi connectivity index (χ4v) is 2.12. The number of carbonyl (C=O) groups excluding carboxylic acids is 1. The summed E-state index contributed by atoms with van der Waals surface area (Å²) in [5.41, 5.74) is 0. The Hall–Kier alpha value is -0.610. The first-order valence-corrected chi connectivity index (χ1v) is 5.84. The third kappa shape index (κ3) is 2.69. The fourth-order valence-electron chi connectivity index (χ4n) is 2.12. The molecule has 4 heteroatoms. The lowest BCUT2D eigenvalue weighted by molar-refractivity contribution is -0.138. The lowest BCUT2D eigenvalue weighted by Crippen LogP contribution is -2.52. The molecule has 0 aromatic rings. The molecule has 86 valence electrons. The van der Waals surface area contributed by atoms with Crippen molar-refractivity contribution in [3.8, 4) is 0 Å². The minimum atomic E-state index is 0.207. The van der Waals surface area contributed by atoms with Gasteiger partial charge in [-0.05, 0) is 19.3 Å². The molecule has 0 aliphatic carbocycles. The molecule has 2 fully saturated rings. The standard InChI is InChI=1S/C11H20N2O2/c1-13(11(14)9-6-12-7-9)8-10-4-2-3-5-15-10/h9-10,12H,2-8H2,1H3. The predicted molar refractivity (Wildman–Crippen MR) is 57.6 cm³/mol. The van der Waals surface area contributed by atoms with E-state index in [1.165, 1.54) is 12.8 Å². The molecule has 2 aliphatic heterocycles. The number of hydrogen-bond acceptors (Lipinski definition) is 3. The number of rotatable bonds is 3. The van der Waals surface area contributed by atoms with E-state index >= 15 is 0 Å². The van der Waals surface area contributed by atoms with Crippen LogP contribution in [-0.4, -0.2) is 50.2 Å². The quantitative estimate of drug-likeness (QED) is 0.728. The van der Waals surface area contributed by atoms with Crippen LogP contribution in [0, 0.1) is 5.92 Å². The van der Waals surface area contributed by atoms with Gasteiger partial charge in [-0.1, -0.05) is 0 Å². The lowest BCUT2D eigenvalue weighted by atomic mass is 10.0. The van der Waals surface area contributed by atoms with E-state index in [1.54, 1.807) is 0 Å². The number of ether oxygens (including phenoxy) is 1. The van der Waals surface area contributed by atoms with Crippen molar-refractivity contribution >= 4 is 5.91 Å². The largest absolute Gasteiger partial charge is 0.376 e. The number of hydrogen-bond donors (Lipinski definition) is 1. The second-order valence-corrected chi connectivity index (χ2v) is 4.56. The molecule has 0 saturated carbocycles. The Morgan fingerprint density at radius 3 is 2.80 bits per heavy atom. The van der Waals surface area contributed by atoms with Crippen molar-refractivity contribution in [1.29, 1.82) is 0 Å². The molecular weight excluding hydrogens is 192 g/mol. The Kier molecular flexibility index (Phi) is 3.59. The van der Waals surface area contributed by atoms with Gasteiger partial charge in [-0.25, -0.2) is 0 Å². The van der Waals surface area contributed by atoms with E-state index in [9.17, 15) is 4.79 Å². The van der Waals surface area contributed by atoms with Crippen LogP contribution in [0.5, 0.6) is 0 Å². The van der Waals surface area contributed by atoms with Crippen LogP contribution in [0.2, 0.25) is 0 Å². The predicted octanol–water partition coefficient (Wildman–Crippen LogP) is 0.233. The number of nitrogens with one attached hydrogen (secondary N) is 1. The summed E-state index contributed by atoms with van der Waals surface area (Å²) in [5.74, 6) is 0.474. The second-order valence-electron chi connectivity index (χ2n) is 4.56. The average molecular weight is 212 g/mol. The molecule has 2 saturated heterocycles. The number of carbonyl (C=O) groups is 1. The highest BCUT2D eigenvalue weighted by Gasteiger charge is 2.28. The van der Waals surface area contributed by atoms with Gasteiger partial charge in [-0.15, -0.1) is 0 Å². The first kappa shape index (κ1) is 10.9. The van der Waals surface area contributed by atoms with Gasteiger partial charge in [0.1, 0.15) is 0 Å². The first-order valence-electron chi connectivity index (χ1n) is 5.84. The molecule has 1 amide bonds. The normalized spacial score (nSPS) is 27.1. The molecule has 15 heavy (non-hydrogen) atoms. The minimum Gasteiger partial charge on any atom is -0.376 e. The summed E-state index contributed by atoms with van der Waals surface area (Å²) in [5, 5.41) is 3.12. The summed E-state index contributed by atoms with van der Waals surface area (Å²) in [6.45, 7) is 3.30. The van der Waals surface area contributed by atoms with Crippen molar-refractivity contribution < 1.29 is 9.53 Å². The maximum absolute atomic E-state index is 11.8. The molecule has 1 N–H and O–H groups in total. The van der Waals surface area contributed by atoms with Gasteiger partial charge in [-0.2, -0.15) is 0 Å². The van der Waals surface area contributed by atoms with Crippen LogP contribution in [0.15, 0.2) is 0 Å². The van der Waals surface area contributed by atoms with Crippen LogP contribution in [0.4, 0.5) is 0 Å². The van der Waals surface area contributed by atoms with E-state index in [4.69, 9.17) is 4.74 Å². The van der Waals surface area contributed by atoms with Crippen molar-refractivity contribution in [2.45, 2.75) is 25.4 Å². The van der Waals surface area contributed by atoms with E-state index in [1.807, 2.05) is 11.9 Å². The molecule has 0 spiro atoms. The van der Waals surface area contributed by atoms with Crippen LogP contribution < -0.4 is 5.32 Å². The van der Waals surface area contributed by atoms with Gasteiger partial charge in [0, 0.05) is 33.3 Å². The molecule has 0 aromatic heterocycles. The summed E-state index contributed by atoms with van der Waals surface area (Å²) >= 11 is 0. The number of nitrogens with zero attached hydrogens (tertiary/aromatic N) is 1. The smallest absolute Gasteiger partial charge is 0.228 e. The van der Waals surface area contributed by atoms with Gasteiger partial charge in [0.2, 0.25) is 5.91 Å². The Morgan fingerprint density at radius 1 is 1.47 bits per heavy atom. The molecule has 4 nitrogen and oxygen atoms in total. The Balaban J connectivity index is 1.74. The molecule has 2 aliphatic rings. The van der Waals surface area contributed by atoms with Gasteiger partial charge in [0.15, 0.2) is 0 Å². The van der Waals surface area contributed by atoms with Crippen LogP contribution >= 0.6 is 0 Å². The van der Waals surface area contributed by atoms with Crippen molar-refractivity contribution in [1.82, 2.24) is 10.2 Å². The van der Waals surface area contributed by atoms with E-state index in [-0.39, 0.29) is 17.9 Å². The topological polar surface area (TPSA) is 41.6 Å². The maximum atomic E-state index is 11.8. The van der Waals surface area contributed by atoms with Gasteiger partial charge >= 0.3 is 0 Å². The Morgan fingerprint density at radius 2 is 2.27 bits per heavy atom. The Bertz CT molecular complexity index is 223.